The minimum atomic E-state index is 0.168. The van der Waals surface area contributed by atoms with Crippen LogP contribution in [0.25, 0.3) is 0 Å². The molecule has 1 atom stereocenters. The molecule has 1 aliphatic heterocycles. The zero-order valence-corrected chi connectivity index (χ0v) is 13.5. The summed E-state index contributed by atoms with van der Waals surface area (Å²) >= 11 is 0. The molecule has 1 unspecified atom stereocenters. The van der Waals surface area contributed by atoms with Gasteiger partial charge in [0.05, 0.1) is 6.61 Å². The SMILES string of the molecule is CCCNCc1cc(C)ccc1OCC1CN(C)CCO1. The molecule has 0 spiro atoms. The molecular weight excluding hydrogens is 264 g/mol. The summed E-state index contributed by atoms with van der Waals surface area (Å²) < 4.78 is 11.8. The molecule has 0 aromatic heterocycles. The molecule has 0 aliphatic carbocycles. The Morgan fingerprint density at radius 1 is 1.43 bits per heavy atom. The lowest BCUT2D eigenvalue weighted by Crippen LogP contribution is -2.42. The second-order valence-electron chi connectivity index (χ2n) is 5.85. The van der Waals surface area contributed by atoms with Gasteiger partial charge in [0.2, 0.25) is 0 Å². The molecule has 1 aromatic carbocycles. The quantitative estimate of drug-likeness (QED) is 0.781. The van der Waals surface area contributed by atoms with Crippen LogP contribution in [0.15, 0.2) is 18.2 Å². The van der Waals surface area contributed by atoms with Crippen molar-refractivity contribution in [1.29, 1.82) is 0 Å². The van der Waals surface area contributed by atoms with Gasteiger partial charge in [0.25, 0.3) is 0 Å². The highest BCUT2D eigenvalue weighted by Crippen LogP contribution is 2.20. The fourth-order valence-corrected chi connectivity index (χ4v) is 2.54. The Bertz CT molecular complexity index is 437. The van der Waals surface area contributed by atoms with E-state index in [1.165, 1.54) is 11.1 Å². The van der Waals surface area contributed by atoms with Gasteiger partial charge in [-0.1, -0.05) is 24.6 Å². The summed E-state index contributed by atoms with van der Waals surface area (Å²) in [5.41, 5.74) is 2.50. The molecule has 4 heteroatoms. The number of benzene rings is 1. The summed E-state index contributed by atoms with van der Waals surface area (Å²) in [4.78, 5) is 2.29. The van der Waals surface area contributed by atoms with Crippen LogP contribution in [-0.4, -0.2) is 50.9 Å². The summed E-state index contributed by atoms with van der Waals surface area (Å²) in [7, 11) is 2.13. The molecule has 118 valence electrons. The Kier molecular flexibility index (Phi) is 6.49. The van der Waals surface area contributed by atoms with Crippen molar-refractivity contribution >= 4 is 0 Å². The Balaban J connectivity index is 1.91. The molecule has 21 heavy (non-hydrogen) atoms. The first-order valence-corrected chi connectivity index (χ1v) is 7.92. The monoisotopic (exact) mass is 292 g/mol. The molecule has 1 saturated heterocycles. The van der Waals surface area contributed by atoms with E-state index in [4.69, 9.17) is 9.47 Å². The van der Waals surface area contributed by atoms with Crippen LogP contribution < -0.4 is 10.1 Å². The number of likely N-dealkylation sites (N-methyl/N-ethyl adjacent to an activating group) is 1. The first kappa shape index (κ1) is 16.3. The topological polar surface area (TPSA) is 33.7 Å². The number of rotatable bonds is 7. The second kappa shape index (κ2) is 8.37. The highest BCUT2D eigenvalue weighted by atomic mass is 16.5. The molecule has 1 heterocycles. The summed E-state index contributed by atoms with van der Waals surface area (Å²) in [5, 5.41) is 3.44. The van der Waals surface area contributed by atoms with Crippen molar-refractivity contribution in [3.63, 3.8) is 0 Å². The van der Waals surface area contributed by atoms with E-state index < -0.39 is 0 Å². The zero-order valence-electron chi connectivity index (χ0n) is 13.5. The van der Waals surface area contributed by atoms with Crippen molar-refractivity contribution in [2.45, 2.75) is 32.9 Å². The van der Waals surface area contributed by atoms with Crippen LogP contribution in [-0.2, 0) is 11.3 Å². The maximum absolute atomic E-state index is 6.02. The van der Waals surface area contributed by atoms with Crippen LogP contribution in [0.4, 0.5) is 0 Å². The molecule has 1 aliphatic rings. The van der Waals surface area contributed by atoms with E-state index in [1.54, 1.807) is 0 Å². The number of ether oxygens (including phenoxy) is 2. The van der Waals surface area contributed by atoms with Crippen molar-refractivity contribution in [3.05, 3.63) is 29.3 Å². The number of hydrogen-bond donors (Lipinski definition) is 1. The minimum absolute atomic E-state index is 0.168. The third-order valence-corrected chi connectivity index (χ3v) is 3.72. The van der Waals surface area contributed by atoms with Crippen molar-refractivity contribution in [1.82, 2.24) is 10.2 Å². The minimum Gasteiger partial charge on any atom is -0.490 e. The molecule has 1 fully saturated rings. The third-order valence-electron chi connectivity index (χ3n) is 3.72. The van der Waals surface area contributed by atoms with Gasteiger partial charge in [-0.25, -0.2) is 0 Å². The van der Waals surface area contributed by atoms with Crippen LogP contribution in [0.2, 0.25) is 0 Å². The second-order valence-corrected chi connectivity index (χ2v) is 5.85. The average Bonchev–Trinajstić information content (AvgIpc) is 2.47. The summed E-state index contributed by atoms with van der Waals surface area (Å²) in [5.74, 6) is 0.973. The maximum atomic E-state index is 6.02. The first-order valence-electron chi connectivity index (χ1n) is 7.92. The number of nitrogens with zero attached hydrogens (tertiary/aromatic N) is 1. The zero-order chi connectivity index (χ0) is 15.1. The molecule has 1 N–H and O–H groups in total. The van der Waals surface area contributed by atoms with Crippen LogP contribution in [0.5, 0.6) is 5.75 Å². The molecule has 0 radical (unpaired) electrons. The number of morpholine rings is 1. The van der Waals surface area contributed by atoms with E-state index in [0.717, 1.165) is 45.0 Å². The number of hydrogen-bond acceptors (Lipinski definition) is 4. The van der Waals surface area contributed by atoms with E-state index in [2.05, 4.69) is 49.3 Å². The van der Waals surface area contributed by atoms with Gasteiger partial charge in [0.1, 0.15) is 18.5 Å². The molecule has 0 bridgehead atoms. The van der Waals surface area contributed by atoms with E-state index in [-0.39, 0.29) is 6.10 Å². The van der Waals surface area contributed by atoms with Crippen molar-refractivity contribution < 1.29 is 9.47 Å². The van der Waals surface area contributed by atoms with Gasteiger partial charge in [0.15, 0.2) is 0 Å². The highest BCUT2D eigenvalue weighted by molar-refractivity contribution is 5.36. The normalized spacial score (nSPS) is 19.7. The Hall–Kier alpha value is -1.10. The number of nitrogens with one attached hydrogen (secondary N) is 1. The lowest BCUT2D eigenvalue weighted by Gasteiger charge is -2.30. The summed E-state index contributed by atoms with van der Waals surface area (Å²) in [6.07, 6.45) is 1.31. The standard InChI is InChI=1S/C17H28N2O2/c1-4-7-18-11-15-10-14(2)5-6-17(15)21-13-16-12-19(3)8-9-20-16/h5-6,10,16,18H,4,7-9,11-13H2,1-3H3. The Morgan fingerprint density at radius 2 is 2.29 bits per heavy atom. The Labute approximate surface area is 128 Å². The molecule has 2 rings (SSSR count). The van der Waals surface area contributed by atoms with Crippen LogP contribution in [0, 0.1) is 6.92 Å². The van der Waals surface area contributed by atoms with E-state index in [1.807, 2.05) is 0 Å². The van der Waals surface area contributed by atoms with Gasteiger partial charge in [-0.2, -0.15) is 0 Å². The predicted molar refractivity (Wildman–Crippen MR) is 85.9 cm³/mol. The lowest BCUT2D eigenvalue weighted by atomic mass is 10.1. The van der Waals surface area contributed by atoms with E-state index in [0.29, 0.717) is 6.61 Å². The van der Waals surface area contributed by atoms with Gasteiger partial charge < -0.3 is 19.7 Å². The molecular formula is C17H28N2O2. The molecule has 4 nitrogen and oxygen atoms in total. The largest absolute Gasteiger partial charge is 0.490 e. The van der Waals surface area contributed by atoms with Crippen molar-refractivity contribution in [2.75, 3.05) is 39.9 Å². The smallest absolute Gasteiger partial charge is 0.123 e. The fourth-order valence-electron chi connectivity index (χ4n) is 2.54. The van der Waals surface area contributed by atoms with Gasteiger partial charge >= 0.3 is 0 Å². The van der Waals surface area contributed by atoms with Gasteiger partial charge in [0, 0.05) is 25.2 Å². The lowest BCUT2D eigenvalue weighted by molar-refractivity contribution is -0.0404. The third kappa shape index (κ3) is 5.30. The van der Waals surface area contributed by atoms with Gasteiger partial charge in [-0.15, -0.1) is 0 Å². The van der Waals surface area contributed by atoms with E-state index in [9.17, 15) is 0 Å². The van der Waals surface area contributed by atoms with Crippen molar-refractivity contribution in [3.8, 4) is 5.75 Å². The van der Waals surface area contributed by atoms with Crippen molar-refractivity contribution in [2.24, 2.45) is 0 Å². The highest BCUT2D eigenvalue weighted by Gasteiger charge is 2.18. The van der Waals surface area contributed by atoms with Gasteiger partial charge in [-0.3, -0.25) is 0 Å². The van der Waals surface area contributed by atoms with Crippen LogP contribution >= 0.6 is 0 Å². The average molecular weight is 292 g/mol. The van der Waals surface area contributed by atoms with Crippen LogP contribution in [0.3, 0.4) is 0 Å². The fraction of sp³-hybridized carbons (Fsp3) is 0.647. The Morgan fingerprint density at radius 3 is 3.05 bits per heavy atom. The summed E-state index contributed by atoms with van der Waals surface area (Å²) in [6, 6.07) is 6.38. The number of aryl methyl sites for hydroxylation is 1. The summed E-state index contributed by atoms with van der Waals surface area (Å²) in [6.45, 7) is 9.55. The predicted octanol–water partition coefficient (Wildman–Crippen LogP) is 2.20. The molecule has 1 aromatic rings. The van der Waals surface area contributed by atoms with E-state index >= 15 is 0 Å². The van der Waals surface area contributed by atoms with Crippen LogP contribution in [0.1, 0.15) is 24.5 Å². The molecule has 0 amide bonds. The maximum Gasteiger partial charge on any atom is 0.123 e. The van der Waals surface area contributed by atoms with Gasteiger partial charge in [-0.05, 0) is 33.0 Å². The first-order chi connectivity index (χ1) is 10.2. The molecule has 0 saturated carbocycles.